The highest BCUT2D eigenvalue weighted by atomic mass is 32.1. The van der Waals surface area contributed by atoms with Crippen LogP contribution in [-0.2, 0) is 0 Å². The van der Waals surface area contributed by atoms with Crippen LogP contribution >= 0.6 is 11.3 Å². The number of para-hydroxylation sites is 2. The molecule has 4 aromatic heterocycles. The summed E-state index contributed by atoms with van der Waals surface area (Å²) in [5, 5.41) is 6.94. The van der Waals surface area contributed by atoms with Crippen molar-refractivity contribution in [2.24, 2.45) is 0 Å². The smallest absolute Gasteiger partial charge is 0.235 e. The van der Waals surface area contributed by atoms with Gasteiger partial charge in [0.2, 0.25) is 5.95 Å². The molecule has 0 saturated heterocycles. The summed E-state index contributed by atoms with van der Waals surface area (Å²) in [6.07, 6.45) is 0. The lowest BCUT2D eigenvalue weighted by atomic mass is 10.0. The molecule has 0 aliphatic heterocycles. The number of furan rings is 1. The predicted molar refractivity (Wildman–Crippen MR) is 187 cm³/mol. The average molecular weight is 594 g/mol. The molecule has 0 aliphatic rings. The van der Waals surface area contributed by atoms with Gasteiger partial charge in [-0.3, -0.25) is 4.57 Å². The molecule has 5 heteroatoms. The molecule has 45 heavy (non-hydrogen) atoms. The molecule has 4 nitrogen and oxygen atoms in total. The number of benzene rings is 6. The molecule has 0 unspecified atom stereocenters. The number of hydrogen-bond donors (Lipinski definition) is 0. The average Bonchev–Trinajstić information content (AvgIpc) is 3.78. The van der Waals surface area contributed by atoms with Crippen molar-refractivity contribution in [2.45, 2.75) is 0 Å². The highest BCUT2D eigenvalue weighted by Gasteiger charge is 2.22. The molecule has 0 N–H and O–H groups in total. The van der Waals surface area contributed by atoms with E-state index in [-0.39, 0.29) is 0 Å². The van der Waals surface area contributed by atoms with Crippen molar-refractivity contribution in [2.75, 3.05) is 0 Å². The summed E-state index contributed by atoms with van der Waals surface area (Å²) in [6.45, 7) is 0. The fourth-order valence-corrected chi connectivity index (χ4v) is 8.04. The number of rotatable bonds is 3. The number of nitrogens with zero attached hydrogens (tertiary/aromatic N) is 3. The first-order chi connectivity index (χ1) is 22.3. The van der Waals surface area contributed by atoms with Crippen LogP contribution in [0.1, 0.15) is 0 Å². The number of thiophene rings is 1. The largest absolute Gasteiger partial charge is 0.454 e. The van der Waals surface area contributed by atoms with Crippen LogP contribution in [0.2, 0.25) is 0 Å². The van der Waals surface area contributed by atoms with E-state index in [1.54, 1.807) is 0 Å². The molecule has 10 aromatic rings. The van der Waals surface area contributed by atoms with Gasteiger partial charge in [0.25, 0.3) is 0 Å². The van der Waals surface area contributed by atoms with Crippen LogP contribution in [0.4, 0.5) is 0 Å². The molecule has 0 saturated carbocycles. The van der Waals surface area contributed by atoms with E-state index in [9.17, 15) is 0 Å². The van der Waals surface area contributed by atoms with Crippen LogP contribution in [0.25, 0.3) is 92.4 Å². The molecule has 6 aromatic carbocycles. The van der Waals surface area contributed by atoms with E-state index < -0.39 is 0 Å². The van der Waals surface area contributed by atoms with Gasteiger partial charge in [-0.1, -0.05) is 109 Å². The molecule has 0 atom stereocenters. The third-order valence-electron chi connectivity index (χ3n) is 8.84. The van der Waals surface area contributed by atoms with Crippen LogP contribution in [-0.4, -0.2) is 14.5 Å². The van der Waals surface area contributed by atoms with Crippen LogP contribution in [0.3, 0.4) is 0 Å². The van der Waals surface area contributed by atoms with Crippen LogP contribution < -0.4 is 0 Å². The van der Waals surface area contributed by atoms with E-state index >= 15 is 0 Å². The van der Waals surface area contributed by atoms with Gasteiger partial charge in [-0.25, -0.2) is 9.97 Å². The van der Waals surface area contributed by atoms with Gasteiger partial charge in [0, 0.05) is 52.8 Å². The summed E-state index contributed by atoms with van der Waals surface area (Å²) < 4.78 is 11.3. The second-order valence-electron chi connectivity index (χ2n) is 11.4. The lowest BCUT2D eigenvalue weighted by Crippen LogP contribution is -2.04. The Balaban J connectivity index is 1.34. The van der Waals surface area contributed by atoms with Gasteiger partial charge < -0.3 is 4.42 Å². The van der Waals surface area contributed by atoms with E-state index in [1.165, 1.54) is 20.2 Å². The normalized spacial score (nSPS) is 12.0. The zero-order valence-electron chi connectivity index (χ0n) is 23.9. The summed E-state index contributed by atoms with van der Waals surface area (Å²) in [7, 11) is 0. The Hall–Kier alpha value is -5.78. The summed E-state index contributed by atoms with van der Waals surface area (Å²) in [6, 6.07) is 48.7. The monoisotopic (exact) mass is 593 g/mol. The topological polar surface area (TPSA) is 43.9 Å². The fraction of sp³-hybridized carbons (Fsp3) is 0. The molecule has 0 bridgehead atoms. The van der Waals surface area contributed by atoms with Crippen molar-refractivity contribution in [3.05, 3.63) is 140 Å². The van der Waals surface area contributed by atoms with E-state index in [2.05, 4.69) is 126 Å². The van der Waals surface area contributed by atoms with Crippen molar-refractivity contribution in [1.82, 2.24) is 14.5 Å². The van der Waals surface area contributed by atoms with Gasteiger partial charge in [-0.2, -0.15) is 0 Å². The van der Waals surface area contributed by atoms with Gasteiger partial charge in [-0.05, 0) is 30.3 Å². The van der Waals surface area contributed by atoms with E-state index in [1.807, 2.05) is 29.5 Å². The SMILES string of the molecule is c1ccc(-c2cc(-c3cccc4c3sc3ccccc34)nc(-n3c4ccccc4c4ccc5c6ccccc6oc5c43)n2)cc1. The highest BCUT2D eigenvalue weighted by Crippen LogP contribution is 2.42. The lowest BCUT2D eigenvalue weighted by molar-refractivity contribution is 0.670. The van der Waals surface area contributed by atoms with Gasteiger partial charge in [-0.15, -0.1) is 11.3 Å². The Bertz CT molecular complexity index is 2770. The van der Waals surface area contributed by atoms with Crippen molar-refractivity contribution >= 4 is 75.3 Å². The number of aromatic nitrogens is 3. The number of fused-ring (bicyclic) bond motifs is 10. The molecule has 0 fully saturated rings. The second kappa shape index (κ2) is 9.36. The van der Waals surface area contributed by atoms with Crippen molar-refractivity contribution < 1.29 is 4.42 Å². The summed E-state index contributed by atoms with van der Waals surface area (Å²) in [5.41, 5.74) is 7.62. The Morgan fingerprint density at radius 3 is 2.16 bits per heavy atom. The van der Waals surface area contributed by atoms with Crippen LogP contribution in [0.15, 0.2) is 144 Å². The summed E-state index contributed by atoms with van der Waals surface area (Å²) >= 11 is 1.82. The molecule has 0 aliphatic carbocycles. The van der Waals surface area contributed by atoms with Crippen molar-refractivity contribution in [3.63, 3.8) is 0 Å². The minimum absolute atomic E-state index is 0.614. The zero-order valence-corrected chi connectivity index (χ0v) is 24.8. The highest BCUT2D eigenvalue weighted by molar-refractivity contribution is 7.26. The Morgan fingerprint density at radius 1 is 0.533 bits per heavy atom. The molecular formula is C40H23N3OS. The van der Waals surface area contributed by atoms with E-state index in [0.717, 1.165) is 66.3 Å². The molecule has 0 radical (unpaired) electrons. The Kier molecular flexibility index (Phi) is 5.12. The Labute approximate surface area is 261 Å². The summed E-state index contributed by atoms with van der Waals surface area (Å²) in [4.78, 5) is 10.6. The molecular weight excluding hydrogens is 571 g/mol. The third-order valence-corrected chi connectivity index (χ3v) is 10.1. The first kappa shape index (κ1) is 24.6. The molecule has 210 valence electrons. The fourth-order valence-electron chi connectivity index (χ4n) is 6.82. The predicted octanol–water partition coefficient (Wildman–Crippen LogP) is 11.2. The first-order valence-electron chi connectivity index (χ1n) is 15.0. The van der Waals surface area contributed by atoms with Gasteiger partial charge in [0.15, 0.2) is 5.58 Å². The molecule has 0 amide bonds. The van der Waals surface area contributed by atoms with Crippen LogP contribution in [0.5, 0.6) is 0 Å². The molecule has 4 heterocycles. The number of hydrogen-bond acceptors (Lipinski definition) is 4. The first-order valence-corrected chi connectivity index (χ1v) is 15.8. The zero-order chi connectivity index (χ0) is 29.5. The van der Waals surface area contributed by atoms with Crippen LogP contribution in [0, 0.1) is 0 Å². The van der Waals surface area contributed by atoms with Gasteiger partial charge >= 0.3 is 0 Å². The third kappa shape index (κ3) is 3.59. The van der Waals surface area contributed by atoms with Crippen molar-refractivity contribution in [1.29, 1.82) is 0 Å². The lowest BCUT2D eigenvalue weighted by Gasteiger charge is -2.12. The standard InChI is InChI=1S/C40H23N3OS/c1-2-11-24(12-3-1)32-23-33(31-17-10-16-30-27-15-6-9-20-36(27)45-39(30)31)42-40(41-32)43-34-18-7-4-13-25(34)28-21-22-29-26-14-5-8-19-35(26)44-38(29)37(28)43/h1-23H. The second-order valence-corrected chi connectivity index (χ2v) is 12.4. The minimum atomic E-state index is 0.614. The maximum atomic E-state index is 6.60. The van der Waals surface area contributed by atoms with Crippen molar-refractivity contribution in [3.8, 4) is 28.5 Å². The Morgan fingerprint density at radius 2 is 1.24 bits per heavy atom. The van der Waals surface area contributed by atoms with Gasteiger partial charge in [0.1, 0.15) is 11.1 Å². The maximum Gasteiger partial charge on any atom is 0.235 e. The minimum Gasteiger partial charge on any atom is -0.454 e. The van der Waals surface area contributed by atoms with Gasteiger partial charge in [0.05, 0.1) is 16.9 Å². The molecule has 0 spiro atoms. The molecule has 10 rings (SSSR count). The van der Waals surface area contributed by atoms with E-state index in [4.69, 9.17) is 14.4 Å². The maximum absolute atomic E-state index is 6.60. The quantitative estimate of drug-likeness (QED) is 0.205. The van der Waals surface area contributed by atoms with E-state index in [0.29, 0.717) is 5.95 Å². The summed E-state index contributed by atoms with van der Waals surface area (Å²) in [5.74, 6) is 0.614.